The molecule has 4 heteroatoms. The van der Waals surface area contributed by atoms with Crippen LogP contribution in [0.5, 0.6) is 0 Å². The van der Waals surface area contributed by atoms with Crippen LogP contribution in [0.1, 0.15) is 0 Å². The monoisotopic (exact) mass is 429 g/mol. The first kappa shape index (κ1) is 8.94. The molecule has 0 aliphatic rings. The van der Waals surface area contributed by atoms with Crippen molar-refractivity contribution in [1.82, 2.24) is 0 Å². The van der Waals surface area contributed by atoms with Crippen LogP contribution in [0, 0.1) is 0 Å². The van der Waals surface area contributed by atoms with Crippen molar-refractivity contribution in [3.05, 3.63) is 0 Å². The summed E-state index contributed by atoms with van der Waals surface area (Å²) in [6, 6.07) is 0. The van der Waals surface area contributed by atoms with Gasteiger partial charge in [-0.2, -0.15) is 0 Å². The molecule has 0 saturated carbocycles. The summed E-state index contributed by atoms with van der Waals surface area (Å²) >= 11 is 0.528. The van der Waals surface area contributed by atoms with Crippen molar-refractivity contribution in [2.75, 3.05) is 0 Å². The van der Waals surface area contributed by atoms with E-state index in [0.717, 1.165) is 0 Å². The van der Waals surface area contributed by atoms with Gasteiger partial charge in [-0.15, -0.1) is 0 Å². The maximum absolute atomic E-state index is 8.39. The fraction of sp³-hybridized carbons (Fsp3) is 0. The third kappa shape index (κ3) is 11.0. The molecule has 0 aromatic rings. The van der Waals surface area contributed by atoms with Gasteiger partial charge in [-0.1, -0.05) is 0 Å². The van der Waals surface area contributed by atoms with E-state index < -0.39 is 0 Å². The summed E-state index contributed by atoms with van der Waals surface area (Å²) in [5.74, 6) is 0. The summed E-state index contributed by atoms with van der Waals surface area (Å²) in [6.07, 6.45) is 0. The van der Waals surface area contributed by atoms with Crippen LogP contribution < -0.4 is 0 Å². The van der Waals surface area contributed by atoms with Gasteiger partial charge in [0.15, 0.2) is 0 Å². The van der Waals surface area contributed by atoms with Gasteiger partial charge in [-0.05, 0) is 0 Å². The van der Waals surface area contributed by atoms with Gasteiger partial charge in [-0.25, -0.2) is 0 Å². The Morgan fingerprint density at radius 3 is 1.25 bits per heavy atom. The van der Waals surface area contributed by atoms with Crippen LogP contribution in [0.15, 0.2) is 0 Å². The van der Waals surface area contributed by atoms with Crippen LogP contribution in [0.2, 0.25) is 0 Å². The number of hydrogen-bond donors (Lipinski definition) is 0. The molecule has 0 aliphatic carbocycles. The first-order valence-electron chi connectivity index (χ1n) is 0.358. The van der Waals surface area contributed by atoms with Crippen LogP contribution in [0.3, 0.4) is 0 Å². The zero-order valence-corrected chi connectivity index (χ0v) is 8.30. The van der Waals surface area contributed by atoms with Gasteiger partial charge in [0, 0.05) is 0 Å². The Morgan fingerprint density at radius 2 is 1.25 bits per heavy atom. The first-order chi connectivity index (χ1) is 2.00. The topological polar surface area (TPSA) is 34.1 Å². The number of hydrogen-bond acceptors (Lipinski definition) is 2. The summed E-state index contributed by atoms with van der Waals surface area (Å²) in [4.78, 5) is 0. The van der Waals surface area contributed by atoms with E-state index in [2.05, 4.69) is 0 Å². The molecule has 0 unspecified atom stereocenters. The van der Waals surface area contributed by atoms with Gasteiger partial charge in [0.2, 0.25) is 0 Å². The fourth-order valence-electron chi connectivity index (χ4n) is 0. The third-order valence-electron chi connectivity index (χ3n) is 0. The molecule has 0 spiro atoms. The Balaban J connectivity index is 0. The van der Waals surface area contributed by atoms with E-state index in [4.69, 9.17) is 6.28 Å². The first-order valence-corrected chi connectivity index (χ1v) is 3.05. The molecule has 0 amide bonds. The van der Waals surface area contributed by atoms with Gasteiger partial charge < -0.3 is 0 Å². The van der Waals surface area contributed by atoms with Gasteiger partial charge >= 0.3 is 50.2 Å². The molecule has 0 bridgehead atoms. The molecule has 0 aliphatic heterocycles. The van der Waals surface area contributed by atoms with Crippen LogP contribution >= 0.6 is 0 Å². The molecule has 0 rings (SSSR count). The van der Waals surface area contributed by atoms with E-state index in [1.807, 2.05) is 0 Å². The van der Waals surface area contributed by atoms with Gasteiger partial charge in [0.05, 0.1) is 0 Å². The fourth-order valence-corrected chi connectivity index (χ4v) is 0. The second-order valence-corrected chi connectivity index (χ2v) is 0. The maximum atomic E-state index is 8.39. The third-order valence-corrected chi connectivity index (χ3v) is 0. The molecule has 0 saturated heterocycles. The molecule has 0 atom stereocenters. The van der Waals surface area contributed by atoms with Crippen molar-refractivity contribution in [1.29, 1.82) is 0 Å². The molecule has 0 radical (unpaired) electrons. The quantitative estimate of drug-likeness (QED) is 0.470. The standard InChI is InChI=1S/Bi.2O.Re.H. The summed E-state index contributed by atoms with van der Waals surface area (Å²) in [5.41, 5.74) is 0. The van der Waals surface area contributed by atoms with Crippen molar-refractivity contribution in [3.63, 3.8) is 0 Å². The summed E-state index contributed by atoms with van der Waals surface area (Å²) in [6.45, 7) is 0. The van der Waals surface area contributed by atoms with E-state index in [0.29, 0.717) is 19.2 Å². The average molecular weight is 428 g/mol. The molecule has 25 valence electrons. The van der Waals surface area contributed by atoms with E-state index in [-0.39, 0.29) is 24.7 Å². The zero-order valence-electron chi connectivity index (χ0n) is 1.69. The van der Waals surface area contributed by atoms with Crippen molar-refractivity contribution in [3.8, 4) is 0 Å². The van der Waals surface area contributed by atoms with E-state index >= 15 is 0 Å². The SMILES string of the molecule is [O]=[BiH].[O]=[Re]. The van der Waals surface area contributed by atoms with Gasteiger partial charge in [-0.3, -0.25) is 0 Å². The van der Waals surface area contributed by atoms with Crippen molar-refractivity contribution in [2.24, 2.45) is 0 Å². The number of rotatable bonds is 0. The van der Waals surface area contributed by atoms with E-state index in [9.17, 15) is 0 Å². The zero-order chi connectivity index (χ0) is 4.00. The van der Waals surface area contributed by atoms with Crippen LogP contribution in [-0.2, 0) is 25.4 Å². The van der Waals surface area contributed by atoms with Crippen molar-refractivity contribution in [2.45, 2.75) is 0 Å². The van der Waals surface area contributed by atoms with E-state index in [1.54, 1.807) is 0 Å². The molecule has 4 heavy (non-hydrogen) atoms. The molecular weight excluding hydrogens is 427 g/mol. The molecule has 0 aromatic heterocycles. The minimum absolute atomic E-state index is 0.0556. The predicted octanol–water partition coefficient (Wildman–Crippen LogP) is -0.889. The van der Waals surface area contributed by atoms with Crippen molar-refractivity contribution < 1.29 is 25.4 Å². The molecular formula is HBiO2Re. The average Bonchev–Trinajstić information content (AvgIpc) is 1.50. The van der Waals surface area contributed by atoms with Crippen molar-refractivity contribution >= 4 is 24.7 Å². The molecule has 0 fully saturated rings. The molecule has 0 N–H and O–H groups in total. The Morgan fingerprint density at radius 1 is 1.25 bits per heavy atom. The Labute approximate surface area is 49.9 Å². The molecule has 0 heterocycles. The normalized spacial score (nSPS) is 2.00. The Kier molecular flexibility index (Phi) is 69.8. The second kappa shape index (κ2) is 31.3. The van der Waals surface area contributed by atoms with Gasteiger partial charge in [0.1, 0.15) is 0 Å². The Hall–Kier alpha value is 1.15. The van der Waals surface area contributed by atoms with Crippen LogP contribution in [0.4, 0.5) is 0 Å². The Bertz CT molecular complexity index is 8.00. The summed E-state index contributed by atoms with van der Waals surface area (Å²) in [7, 11) is 0. The molecule has 2 nitrogen and oxygen atoms in total. The van der Waals surface area contributed by atoms with Crippen LogP contribution in [0.25, 0.3) is 0 Å². The molecule has 0 aromatic carbocycles. The van der Waals surface area contributed by atoms with Gasteiger partial charge in [0.25, 0.3) is 0 Å². The second-order valence-electron chi connectivity index (χ2n) is 0. The summed E-state index contributed by atoms with van der Waals surface area (Å²) in [5, 5.41) is 0. The minimum atomic E-state index is 0.0556. The van der Waals surface area contributed by atoms with E-state index in [1.165, 1.54) is 0 Å². The predicted molar refractivity (Wildman–Crippen MR) is 8.52 cm³/mol. The summed E-state index contributed by atoms with van der Waals surface area (Å²) < 4.78 is 16.7. The van der Waals surface area contributed by atoms with Crippen LogP contribution in [-0.4, -0.2) is 24.7 Å².